The monoisotopic (exact) mass is 296 g/mol. The SMILES string of the molecule is COc1cc(OC)c(C2C(CN)OCCN2C)c(OC)c1. The highest BCUT2D eigenvalue weighted by atomic mass is 16.5. The summed E-state index contributed by atoms with van der Waals surface area (Å²) in [6.45, 7) is 1.95. The molecule has 0 bridgehead atoms. The molecule has 6 heteroatoms. The summed E-state index contributed by atoms with van der Waals surface area (Å²) in [7, 11) is 6.95. The van der Waals surface area contributed by atoms with Gasteiger partial charge in [0.2, 0.25) is 0 Å². The zero-order valence-corrected chi connectivity index (χ0v) is 13.1. The lowest BCUT2D eigenvalue weighted by Crippen LogP contribution is -2.46. The van der Waals surface area contributed by atoms with E-state index in [2.05, 4.69) is 11.9 Å². The maximum atomic E-state index is 5.87. The van der Waals surface area contributed by atoms with Gasteiger partial charge in [0.15, 0.2) is 0 Å². The van der Waals surface area contributed by atoms with Crippen LogP contribution in [0.5, 0.6) is 17.2 Å². The van der Waals surface area contributed by atoms with E-state index in [-0.39, 0.29) is 12.1 Å². The quantitative estimate of drug-likeness (QED) is 0.876. The Morgan fingerprint density at radius 3 is 2.29 bits per heavy atom. The Hall–Kier alpha value is -1.50. The number of nitrogens with two attached hydrogens (primary N) is 1. The van der Waals surface area contributed by atoms with Crippen LogP contribution in [0.4, 0.5) is 0 Å². The average Bonchev–Trinajstić information content (AvgIpc) is 2.53. The van der Waals surface area contributed by atoms with Crippen molar-refractivity contribution in [3.8, 4) is 17.2 Å². The van der Waals surface area contributed by atoms with Gasteiger partial charge < -0.3 is 24.7 Å². The van der Waals surface area contributed by atoms with Crippen molar-refractivity contribution < 1.29 is 18.9 Å². The molecule has 0 amide bonds. The maximum Gasteiger partial charge on any atom is 0.131 e. The number of hydrogen-bond donors (Lipinski definition) is 1. The Kier molecular flexibility index (Phi) is 5.27. The van der Waals surface area contributed by atoms with Crippen LogP contribution in [0.2, 0.25) is 0 Å². The molecule has 0 saturated carbocycles. The maximum absolute atomic E-state index is 5.87. The number of likely N-dealkylation sites (N-methyl/N-ethyl adjacent to an activating group) is 1. The summed E-state index contributed by atoms with van der Waals surface area (Å²) in [6, 6.07) is 3.70. The standard InChI is InChI=1S/C15H24N2O4/c1-17-5-6-21-13(9-16)15(17)14-11(19-3)7-10(18-2)8-12(14)20-4/h7-8,13,15H,5-6,9,16H2,1-4H3. The third-order valence-corrected chi connectivity index (χ3v) is 3.88. The third-order valence-electron chi connectivity index (χ3n) is 3.88. The average molecular weight is 296 g/mol. The first-order chi connectivity index (χ1) is 10.2. The minimum atomic E-state index is -0.0973. The van der Waals surface area contributed by atoms with Crippen LogP contribution in [0.25, 0.3) is 0 Å². The number of methoxy groups -OCH3 is 3. The molecule has 1 aromatic rings. The van der Waals surface area contributed by atoms with Gasteiger partial charge in [0.1, 0.15) is 17.2 Å². The normalized spacial score (nSPS) is 22.9. The summed E-state index contributed by atoms with van der Waals surface area (Å²) in [5.74, 6) is 2.12. The summed E-state index contributed by atoms with van der Waals surface area (Å²) >= 11 is 0. The minimum absolute atomic E-state index is 0.0143. The Bertz CT molecular complexity index is 456. The highest BCUT2D eigenvalue weighted by Crippen LogP contribution is 2.42. The van der Waals surface area contributed by atoms with Gasteiger partial charge in [-0.3, -0.25) is 4.90 Å². The second kappa shape index (κ2) is 6.98. The molecule has 118 valence electrons. The number of hydrogen-bond acceptors (Lipinski definition) is 6. The summed E-state index contributed by atoms with van der Waals surface area (Å²) in [4.78, 5) is 2.22. The van der Waals surface area contributed by atoms with E-state index >= 15 is 0 Å². The molecule has 2 unspecified atom stereocenters. The fraction of sp³-hybridized carbons (Fsp3) is 0.600. The second-order valence-electron chi connectivity index (χ2n) is 5.02. The Morgan fingerprint density at radius 2 is 1.81 bits per heavy atom. The molecule has 0 aliphatic carbocycles. The van der Waals surface area contributed by atoms with Crippen LogP contribution in [-0.4, -0.2) is 59.1 Å². The van der Waals surface area contributed by atoms with E-state index in [9.17, 15) is 0 Å². The molecule has 2 rings (SSSR count). The largest absolute Gasteiger partial charge is 0.496 e. The lowest BCUT2D eigenvalue weighted by atomic mass is 9.96. The van der Waals surface area contributed by atoms with Crippen LogP contribution in [0.1, 0.15) is 11.6 Å². The zero-order chi connectivity index (χ0) is 15.4. The molecule has 0 aromatic heterocycles. The molecule has 1 saturated heterocycles. The molecule has 2 atom stereocenters. The van der Waals surface area contributed by atoms with Crippen LogP contribution < -0.4 is 19.9 Å². The molecule has 6 nitrogen and oxygen atoms in total. The smallest absolute Gasteiger partial charge is 0.131 e. The van der Waals surface area contributed by atoms with Crippen LogP contribution in [0.3, 0.4) is 0 Å². The molecule has 1 aromatic carbocycles. The Morgan fingerprint density at radius 1 is 1.19 bits per heavy atom. The van der Waals surface area contributed by atoms with Gasteiger partial charge in [-0.1, -0.05) is 0 Å². The summed E-state index contributed by atoms with van der Waals surface area (Å²) in [6.07, 6.45) is -0.0973. The van der Waals surface area contributed by atoms with Crippen molar-refractivity contribution in [3.05, 3.63) is 17.7 Å². The molecule has 1 fully saturated rings. The van der Waals surface area contributed by atoms with E-state index in [1.165, 1.54) is 0 Å². The van der Waals surface area contributed by atoms with Gasteiger partial charge in [-0.05, 0) is 7.05 Å². The molecular weight excluding hydrogens is 272 g/mol. The van der Waals surface area contributed by atoms with Gasteiger partial charge >= 0.3 is 0 Å². The zero-order valence-electron chi connectivity index (χ0n) is 13.1. The lowest BCUT2D eigenvalue weighted by Gasteiger charge is -2.39. The van der Waals surface area contributed by atoms with E-state index in [0.717, 1.165) is 12.1 Å². The van der Waals surface area contributed by atoms with Gasteiger partial charge in [0.25, 0.3) is 0 Å². The molecule has 21 heavy (non-hydrogen) atoms. The van der Waals surface area contributed by atoms with Gasteiger partial charge in [-0.15, -0.1) is 0 Å². The Balaban J connectivity index is 2.53. The van der Waals surface area contributed by atoms with Crippen molar-refractivity contribution in [3.63, 3.8) is 0 Å². The number of ether oxygens (including phenoxy) is 4. The summed E-state index contributed by atoms with van der Waals surface area (Å²) in [5.41, 5.74) is 6.82. The van der Waals surface area contributed by atoms with Gasteiger partial charge in [0.05, 0.1) is 45.6 Å². The lowest BCUT2D eigenvalue weighted by molar-refractivity contribution is -0.0588. The predicted octanol–water partition coefficient (Wildman–Crippen LogP) is 1.04. The third kappa shape index (κ3) is 3.07. The first-order valence-corrected chi connectivity index (χ1v) is 6.98. The molecular formula is C15H24N2O4. The van der Waals surface area contributed by atoms with E-state index in [1.807, 2.05) is 12.1 Å². The fourth-order valence-electron chi connectivity index (χ4n) is 2.79. The van der Waals surface area contributed by atoms with Gasteiger partial charge in [-0.25, -0.2) is 0 Å². The molecule has 1 aliphatic rings. The van der Waals surface area contributed by atoms with E-state index < -0.39 is 0 Å². The number of rotatable bonds is 5. The van der Waals surface area contributed by atoms with Crippen molar-refractivity contribution in [1.29, 1.82) is 0 Å². The summed E-state index contributed by atoms with van der Waals surface area (Å²) < 4.78 is 22.2. The number of nitrogens with zero attached hydrogens (tertiary/aromatic N) is 1. The van der Waals surface area contributed by atoms with Crippen LogP contribution in [-0.2, 0) is 4.74 Å². The van der Waals surface area contributed by atoms with Gasteiger partial charge in [0, 0.05) is 25.2 Å². The highest BCUT2D eigenvalue weighted by molar-refractivity contribution is 5.53. The number of benzene rings is 1. The molecule has 0 radical (unpaired) electrons. The number of morpholine rings is 1. The van der Waals surface area contributed by atoms with Crippen molar-refractivity contribution in [2.45, 2.75) is 12.1 Å². The molecule has 2 N–H and O–H groups in total. The fourth-order valence-corrected chi connectivity index (χ4v) is 2.79. The van der Waals surface area contributed by atoms with Crippen LogP contribution >= 0.6 is 0 Å². The first kappa shape index (κ1) is 15.9. The van der Waals surface area contributed by atoms with Crippen molar-refractivity contribution >= 4 is 0 Å². The molecule has 1 aliphatic heterocycles. The molecule has 0 spiro atoms. The first-order valence-electron chi connectivity index (χ1n) is 6.98. The summed E-state index contributed by atoms with van der Waals surface area (Å²) in [5, 5.41) is 0. The topological polar surface area (TPSA) is 66.2 Å². The van der Waals surface area contributed by atoms with Gasteiger partial charge in [-0.2, -0.15) is 0 Å². The van der Waals surface area contributed by atoms with E-state index in [4.69, 9.17) is 24.7 Å². The van der Waals surface area contributed by atoms with E-state index in [1.54, 1.807) is 21.3 Å². The molecule has 1 heterocycles. The van der Waals surface area contributed by atoms with E-state index in [0.29, 0.717) is 30.4 Å². The van der Waals surface area contributed by atoms with Crippen LogP contribution in [0, 0.1) is 0 Å². The minimum Gasteiger partial charge on any atom is -0.496 e. The Labute approximate surface area is 125 Å². The second-order valence-corrected chi connectivity index (χ2v) is 5.02. The van der Waals surface area contributed by atoms with Crippen molar-refractivity contribution in [2.24, 2.45) is 5.73 Å². The highest BCUT2D eigenvalue weighted by Gasteiger charge is 2.35. The van der Waals surface area contributed by atoms with Crippen molar-refractivity contribution in [2.75, 3.05) is 48.1 Å². The predicted molar refractivity (Wildman–Crippen MR) is 80.3 cm³/mol. The van der Waals surface area contributed by atoms with Crippen molar-refractivity contribution in [1.82, 2.24) is 4.90 Å². The van der Waals surface area contributed by atoms with Crippen LogP contribution in [0.15, 0.2) is 12.1 Å².